The van der Waals surface area contributed by atoms with Crippen LogP contribution in [0.4, 0.5) is 0 Å². The maximum Gasteiger partial charge on any atom is 0.305 e. The topological polar surface area (TPSA) is 95.9 Å². The van der Waals surface area contributed by atoms with E-state index in [0.717, 1.165) is 38.5 Å². The average molecular weight is 1210 g/mol. The van der Waals surface area contributed by atoms with E-state index in [9.17, 15) is 19.8 Å². The second-order valence-electron chi connectivity index (χ2n) is 27.8. The van der Waals surface area contributed by atoms with Crippen molar-refractivity contribution in [1.29, 1.82) is 0 Å². The van der Waals surface area contributed by atoms with Gasteiger partial charge in [-0.3, -0.25) is 9.59 Å². The standard InChI is InChI=1S/C80H157NO5/c1-3-5-7-9-11-13-15-16-17-18-19-20-34-37-40-43-46-49-53-56-60-64-68-72-78(83)77(76-82)81-79(84)73-69-65-61-57-54-50-47-44-41-38-35-32-30-28-26-24-22-21-23-25-27-29-31-33-36-39-42-45-48-51-55-59-63-67-71-75-86-80(85)74-70-66-62-58-52-14-12-10-8-6-4-2/h23,25,77-78,82-83H,3-22,24,26-76H2,1-2H3,(H,81,84)/b25-23-. The van der Waals surface area contributed by atoms with Gasteiger partial charge in [-0.25, -0.2) is 0 Å². The van der Waals surface area contributed by atoms with E-state index in [1.165, 1.54) is 392 Å². The van der Waals surface area contributed by atoms with Crippen molar-refractivity contribution in [3.63, 3.8) is 0 Å². The van der Waals surface area contributed by atoms with Gasteiger partial charge in [-0.05, 0) is 51.4 Å². The molecule has 0 aliphatic carbocycles. The molecule has 1 amide bonds. The molecule has 0 aromatic heterocycles. The summed E-state index contributed by atoms with van der Waals surface area (Å²) in [5.41, 5.74) is 0. The Bertz CT molecular complexity index is 1300. The third-order valence-electron chi connectivity index (χ3n) is 19.1. The summed E-state index contributed by atoms with van der Waals surface area (Å²) in [4.78, 5) is 24.6. The van der Waals surface area contributed by atoms with Gasteiger partial charge in [0.25, 0.3) is 0 Å². The van der Waals surface area contributed by atoms with Crippen LogP contribution in [0.1, 0.15) is 463 Å². The normalized spacial score (nSPS) is 12.5. The van der Waals surface area contributed by atoms with Crippen molar-refractivity contribution in [3.05, 3.63) is 12.2 Å². The molecule has 0 spiro atoms. The van der Waals surface area contributed by atoms with Gasteiger partial charge in [-0.1, -0.05) is 411 Å². The molecule has 0 aromatic carbocycles. The van der Waals surface area contributed by atoms with Crippen LogP contribution in [-0.4, -0.2) is 47.4 Å². The zero-order valence-corrected chi connectivity index (χ0v) is 58.8. The van der Waals surface area contributed by atoms with Gasteiger partial charge in [0.2, 0.25) is 5.91 Å². The molecule has 0 saturated carbocycles. The summed E-state index contributed by atoms with van der Waals surface area (Å²) in [6.07, 6.45) is 96.0. The van der Waals surface area contributed by atoms with Crippen LogP contribution in [0.5, 0.6) is 0 Å². The minimum absolute atomic E-state index is 0.0210. The lowest BCUT2D eigenvalue weighted by Crippen LogP contribution is -2.45. The Hall–Kier alpha value is -1.40. The number of hydrogen-bond acceptors (Lipinski definition) is 5. The summed E-state index contributed by atoms with van der Waals surface area (Å²) in [6, 6.07) is -0.539. The molecular formula is C80H157NO5. The summed E-state index contributed by atoms with van der Waals surface area (Å²) < 4.78 is 5.48. The van der Waals surface area contributed by atoms with Gasteiger partial charge in [0.1, 0.15) is 0 Å². The van der Waals surface area contributed by atoms with Crippen LogP contribution in [0.2, 0.25) is 0 Å². The molecule has 2 unspecified atom stereocenters. The van der Waals surface area contributed by atoms with Crippen LogP contribution < -0.4 is 5.32 Å². The van der Waals surface area contributed by atoms with Crippen LogP contribution in [0.15, 0.2) is 12.2 Å². The SMILES string of the molecule is CCCCCCCCCCCCCCCCCCCCCCCCCC(O)C(CO)NC(=O)CCCCCCCCCCCCCCCCCCC/C=C\CCCCCCCCCCCCCCCCOC(=O)CCCCCCCCCCCCC. The number of aliphatic hydroxyl groups is 2. The molecule has 2 atom stereocenters. The fourth-order valence-electron chi connectivity index (χ4n) is 13.0. The van der Waals surface area contributed by atoms with Gasteiger partial charge in [0.05, 0.1) is 25.4 Å². The Morgan fingerprint density at radius 1 is 0.314 bits per heavy atom. The number of carbonyl (C=O) groups is 2. The van der Waals surface area contributed by atoms with Crippen molar-refractivity contribution in [1.82, 2.24) is 5.32 Å². The van der Waals surface area contributed by atoms with Crippen molar-refractivity contribution >= 4 is 11.9 Å². The third kappa shape index (κ3) is 71.7. The highest BCUT2D eigenvalue weighted by molar-refractivity contribution is 5.76. The van der Waals surface area contributed by atoms with Gasteiger partial charge in [0, 0.05) is 12.8 Å². The first-order valence-corrected chi connectivity index (χ1v) is 39.9. The van der Waals surface area contributed by atoms with E-state index in [2.05, 4.69) is 31.3 Å². The van der Waals surface area contributed by atoms with Crippen LogP contribution >= 0.6 is 0 Å². The molecule has 0 heterocycles. The number of rotatable bonds is 76. The highest BCUT2D eigenvalue weighted by Crippen LogP contribution is 2.20. The van der Waals surface area contributed by atoms with Gasteiger partial charge in [-0.15, -0.1) is 0 Å². The molecule has 6 nitrogen and oxygen atoms in total. The number of esters is 1. The van der Waals surface area contributed by atoms with Gasteiger partial charge in [0.15, 0.2) is 0 Å². The lowest BCUT2D eigenvalue weighted by Gasteiger charge is -2.22. The predicted octanol–water partition coefficient (Wildman–Crippen LogP) is 26.3. The first-order chi connectivity index (χ1) is 42.5. The monoisotopic (exact) mass is 1210 g/mol. The smallest absolute Gasteiger partial charge is 0.305 e. The number of nitrogens with one attached hydrogen (secondary N) is 1. The Morgan fingerprint density at radius 3 is 0.826 bits per heavy atom. The van der Waals surface area contributed by atoms with Crippen molar-refractivity contribution in [2.75, 3.05) is 13.2 Å². The van der Waals surface area contributed by atoms with Crippen molar-refractivity contribution in [3.8, 4) is 0 Å². The number of hydrogen-bond donors (Lipinski definition) is 3. The molecule has 0 aliphatic heterocycles. The third-order valence-corrected chi connectivity index (χ3v) is 19.1. The largest absolute Gasteiger partial charge is 0.466 e. The number of allylic oxidation sites excluding steroid dienone is 2. The highest BCUT2D eigenvalue weighted by Gasteiger charge is 2.20. The summed E-state index contributed by atoms with van der Waals surface area (Å²) in [7, 11) is 0. The molecule has 0 aromatic rings. The summed E-state index contributed by atoms with van der Waals surface area (Å²) in [6.45, 7) is 5.01. The average Bonchev–Trinajstić information content (AvgIpc) is 3.58. The molecule has 6 heteroatoms. The molecular weight excluding hydrogens is 1050 g/mol. The molecule has 0 rings (SSSR count). The second kappa shape index (κ2) is 76.1. The molecule has 0 radical (unpaired) electrons. The van der Waals surface area contributed by atoms with Crippen molar-refractivity contribution in [2.24, 2.45) is 0 Å². The van der Waals surface area contributed by atoms with Gasteiger partial charge >= 0.3 is 5.97 Å². The van der Waals surface area contributed by atoms with Crippen LogP contribution in [0.3, 0.4) is 0 Å². The fraction of sp³-hybridized carbons (Fsp3) is 0.950. The lowest BCUT2D eigenvalue weighted by atomic mass is 10.0. The molecule has 3 N–H and O–H groups in total. The zero-order chi connectivity index (χ0) is 62.0. The molecule has 0 saturated heterocycles. The number of ether oxygens (including phenoxy) is 1. The number of aliphatic hydroxyl groups excluding tert-OH is 2. The summed E-state index contributed by atoms with van der Waals surface area (Å²) >= 11 is 0. The van der Waals surface area contributed by atoms with E-state index >= 15 is 0 Å². The van der Waals surface area contributed by atoms with E-state index in [-0.39, 0.29) is 18.5 Å². The quantitative estimate of drug-likeness (QED) is 0.0320. The van der Waals surface area contributed by atoms with Crippen molar-refractivity contribution in [2.45, 2.75) is 475 Å². The van der Waals surface area contributed by atoms with Gasteiger partial charge < -0.3 is 20.3 Å². The highest BCUT2D eigenvalue weighted by atomic mass is 16.5. The number of unbranched alkanes of at least 4 members (excludes halogenated alkanes) is 63. The van der Waals surface area contributed by atoms with Crippen LogP contribution in [-0.2, 0) is 14.3 Å². The van der Waals surface area contributed by atoms with Crippen molar-refractivity contribution < 1.29 is 24.5 Å². The summed E-state index contributed by atoms with van der Waals surface area (Å²) in [5, 5.41) is 23.5. The van der Waals surface area contributed by atoms with E-state index < -0.39 is 12.1 Å². The van der Waals surface area contributed by atoms with E-state index in [1.807, 2.05) is 0 Å². The first-order valence-electron chi connectivity index (χ1n) is 39.9. The first kappa shape index (κ1) is 84.6. The summed E-state index contributed by atoms with van der Waals surface area (Å²) in [5.74, 6) is -0.00428. The maximum absolute atomic E-state index is 12.6. The Morgan fingerprint density at radius 2 is 0.547 bits per heavy atom. The van der Waals surface area contributed by atoms with Crippen LogP contribution in [0.25, 0.3) is 0 Å². The second-order valence-corrected chi connectivity index (χ2v) is 27.8. The van der Waals surface area contributed by atoms with E-state index in [1.54, 1.807) is 0 Å². The zero-order valence-electron chi connectivity index (χ0n) is 58.8. The van der Waals surface area contributed by atoms with E-state index in [4.69, 9.17) is 4.74 Å². The molecule has 86 heavy (non-hydrogen) atoms. The fourth-order valence-corrected chi connectivity index (χ4v) is 13.0. The maximum atomic E-state index is 12.6. The molecule has 0 bridgehead atoms. The van der Waals surface area contributed by atoms with Crippen LogP contribution in [0, 0.1) is 0 Å². The van der Waals surface area contributed by atoms with E-state index in [0.29, 0.717) is 25.9 Å². The van der Waals surface area contributed by atoms with Gasteiger partial charge in [-0.2, -0.15) is 0 Å². The Kier molecular flexibility index (Phi) is 74.8. The molecule has 0 aliphatic rings. The minimum Gasteiger partial charge on any atom is -0.466 e. The predicted molar refractivity (Wildman–Crippen MR) is 380 cm³/mol. The Labute approximate surface area is 539 Å². The number of amides is 1. The molecule has 512 valence electrons. The minimum atomic E-state index is -0.663. The molecule has 0 fully saturated rings. The Balaban J connectivity index is 3.34. The lowest BCUT2D eigenvalue weighted by molar-refractivity contribution is -0.143. The number of carbonyl (C=O) groups excluding carboxylic acids is 2.